The van der Waals surface area contributed by atoms with Crippen molar-refractivity contribution >= 4 is 46.7 Å². The molecule has 0 radical (unpaired) electrons. The smallest absolute Gasteiger partial charge is 0.324 e. The lowest BCUT2D eigenvalue weighted by Gasteiger charge is -2.32. The van der Waals surface area contributed by atoms with Crippen molar-refractivity contribution in [1.82, 2.24) is 5.32 Å². The van der Waals surface area contributed by atoms with E-state index in [1.54, 1.807) is 30.3 Å². The first kappa shape index (κ1) is 22.6. The number of carbonyl (C=O) groups is 3. The van der Waals surface area contributed by atoms with Gasteiger partial charge in [-0.05, 0) is 36.6 Å². The lowest BCUT2D eigenvalue weighted by Crippen LogP contribution is -2.56. The minimum Gasteiger partial charge on any atom is -0.506 e. The van der Waals surface area contributed by atoms with Gasteiger partial charge in [0.25, 0.3) is 0 Å². The average molecular weight is 477 g/mol. The van der Waals surface area contributed by atoms with Gasteiger partial charge in [0, 0.05) is 16.6 Å². The second kappa shape index (κ2) is 8.06. The Morgan fingerprint density at radius 2 is 1.81 bits per heavy atom. The molecule has 4 atom stereocenters. The van der Waals surface area contributed by atoms with Gasteiger partial charge < -0.3 is 10.2 Å². The Hall–Kier alpha value is -2.61. The molecule has 0 aliphatic carbocycles. The lowest BCUT2D eigenvalue weighted by atomic mass is 9.75. The molecule has 2 aliphatic rings. The monoisotopic (exact) mass is 476 g/mol. The molecule has 0 saturated carbocycles. The van der Waals surface area contributed by atoms with E-state index in [1.807, 2.05) is 13.8 Å². The van der Waals surface area contributed by atoms with Crippen LogP contribution in [0.5, 0.6) is 5.75 Å². The number of aliphatic carboxylic acids is 1. The molecular formula is C23H22Cl2N2O5. The minimum atomic E-state index is -1.71. The van der Waals surface area contributed by atoms with Crippen LogP contribution in [-0.4, -0.2) is 33.5 Å². The standard InChI is InChI=1S/C23H22Cl2N2O5/c1-11(2)10-23(22(31)32)17-16(18(26-23)14-8-12(24)9-15(25)19(14)28)20(29)27(21(17)30)13-6-4-3-5-7-13/h3-9,11,16-18,26,28H,10H2,1-2H3,(H,31,32). The van der Waals surface area contributed by atoms with Crippen molar-refractivity contribution in [1.29, 1.82) is 0 Å². The Morgan fingerprint density at radius 1 is 1.16 bits per heavy atom. The number of rotatable bonds is 5. The van der Waals surface area contributed by atoms with Crippen LogP contribution in [0.3, 0.4) is 0 Å². The maximum atomic E-state index is 13.6. The van der Waals surface area contributed by atoms with Gasteiger partial charge in [-0.3, -0.25) is 19.7 Å². The number of carboxylic acid groups (broad SMARTS) is 1. The minimum absolute atomic E-state index is 0.0285. The second-order valence-electron chi connectivity index (χ2n) is 8.67. The van der Waals surface area contributed by atoms with Gasteiger partial charge in [-0.2, -0.15) is 0 Å². The zero-order valence-electron chi connectivity index (χ0n) is 17.4. The van der Waals surface area contributed by atoms with E-state index in [4.69, 9.17) is 23.2 Å². The van der Waals surface area contributed by atoms with Gasteiger partial charge in [0.2, 0.25) is 11.8 Å². The third-order valence-electron chi connectivity index (χ3n) is 6.17. The number of phenols is 1. The van der Waals surface area contributed by atoms with Gasteiger partial charge in [0.15, 0.2) is 0 Å². The molecule has 0 aromatic heterocycles. The van der Waals surface area contributed by atoms with Gasteiger partial charge in [-0.15, -0.1) is 0 Å². The highest BCUT2D eigenvalue weighted by atomic mass is 35.5. The third kappa shape index (κ3) is 3.36. The van der Waals surface area contributed by atoms with E-state index in [-0.39, 0.29) is 33.7 Å². The average Bonchev–Trinajstić information content (AvgIpc) is 3.19. The van der Waals surface area contributed by atoms with E-state index in [9.17, 15) is 24.6 Å². The number of imide groups is 1. The van der Waals surface area contributed by atoms with Crippen molar-refractivity contribution in [3.63, 3.8) is 0 Å². The van der Waals surface area contributed by atoms with Crippen LogP contribution in [0, 0.1) is 17.8 Å². The van der Waals surface area contributed by atoms with Gasteiger partial charge in [0.05, 0.1) is 22.5 Å². The van der Waals surface area contributed by atoms with Crippen molar-refractivity contribution in [2.75, 3.05) is 4.90 Å². The number of fused-ring (bicyclic) bond motifs is 1. The SMILES string of the molecule is CC(C)CC1(C(=O)O)NC(c2cc(Cl)cc(Cl)c2O)C2C(=O)N(c3ccccc3)C(=O)C21. The molecule has 2 aliphatic heterocycles. The normalized spacial score (nSPS) is 27.3. The van der Waals surface area contributed by atoms with E-state index < -0.39 is 41.2 Å². The molecular weight excluding hydrogens is 455 g/mol. The second-order valence-corrected chi connectivity index (χ2v) is 9.52. The molecule has 9 heteroatoms. The summed E-state index contributed by atoms with van der Waals surface area (Å²) in [6.07, 6.45) is 0.108. The molecule has 2 aromatic carbocycles. The van der Waals surface area contributed by atoms with Crippen molar-refractivity contribution in [2.24, 2.45) is 17.8 Å². The first-order valence-corrected chi connectivity index (χ1v) is 11.0. The van der Waals surface area contributed by atoms with Crippen molar-refractivity contribution in [3.8, 4) is 5.75 Å². The van der Waals surface area contributed by atoms with Crippen LogP contribution in [0.1, 0.15) is 31.9 Å². The molecule has 2 saturated heterocycles. The summed E-state index contributed by atoms with van der Waals surface area (Å²) in [5.41, 5.74) is -1.16. The number of phenolic OH excluding ortho intramolecular Hbond substituents is 1. The summed E-state index contributed by atoms with van der Waals surface area (Å²) in [4.78, 5) is 40.8. The van der Waals surface area contributed by atoms with E-state index in [1.165, 1.54) is 12.1 Å². The molecule has 2 fully saturated rings. The van der Waals surface area contributed by atoms with Crippen LogP contribution in [0.2, 0.25) is 10.0 Å². The summed E-state index contributed by atoms with van der Waals surface area (Å²) in [6.45, 7) is 3.69. The quantitative estimate of drug-likeness (QED) is 0.562. The van der Waals surface area contributed by atoms with Crippen LogP contribution in [0.4, 0.5) is 5.69 Å². The summed E-state index contributed by atoms with van der Waals surface area (Å²) in [6, 6.07) is 10.2. The largest absolute Gasteiger partial charge is 0.506 e. The molecule has 7 nitrogen and oxygen atoms in total. The number of hydrogen-bond donors (Lipinski definition) is 3. The Labute approximate surface area is 194 Å². The number of halogens is 2. The number of nitrogens with one attached hydrogen (secondary N) is 1. The summed E-state index contributed by atoms with van der Waals surface area (Å²) < 4.78 is 0. The number of para-hydroxylation sites is 1. The maximum Gasteiger partial charge on any atom is 0.324 e. The first-order valence-electron chi connectivity index (χ1n) is 10.2. The van der Waals surface area contributed by atoms with E-state index in [0.29, 0.717) is 5.69 Å². The van der Waals surface area contributed by atoms with Crippen molar-refractivity contribution in [2.45, 2.75) is 31.8 Å². The number of aromatic hydroxyl groups is 1. The summed E-state index contributed by atoms with van der Waals surface area (Å²) in [5, 5.41) is 24.2. The fourth-order valence-corrected chi connectivity index (χ4v) is 5.55. The molecule has 0 bridgehead atoms. The molecule has 0 spiro atoms. The Morgan fingerprint density at radius 3 is 2.41 bits per heavy atom. The number of nitrogens with zero attached hydrogens (tertiary/aromatic N) is 1. The number of carboxylic acids is 1. The number of carbonyl (C=O) groups excluding carboxylic acids is 2. The van der Waals surface area contributed by atoms with Crippen LogP contribution < -0.4 is 10.2 Å². The number of anilines is 1. The van der Waals surface area contributed by atoms with E-state index in [2.05, 4.69) is 5.32 Å². The number of benzene rings is 2. The van der Waals surface area contributed by atoms with Gasteiger partial charge in [-0.25, -0.2) is 4.90 Å². The maximum absolute atomic E-state index is 13.6. The van der Waals surface area contributed by atoms with Gasteiger partial charge in [-0.1, -0.05) is 55.2 Å². The zero-order chi connectivity index (χ0) is 23.4. The van der Waals surface area contributed by atoms with Crippen molar-refractivity contribution in [3.05, 3.63) is 58.1 Å². The van der Waals surface area contributed by atoms with Gasteiger partial charge >= 0.3 is 5.97 Å². The molecule has 4 unspecified atom stereocenters. The van der Waals surface area contributed by atoms with Crippen LogP contribution in [0.25, 0.3) is 0 Å². The highest BCUT2D eigenvalue weighted by Gasteiger charge is 2.68. The zero-order valence-corrected chi connectivity index (χ0v) is 18.9. The molecule has 2 amide bonds. The fourth-order valence-electron chi connectivity index (χ4n) is 5.04. The molecule has 168 valence electrons. The predicted molar refractivity (Wildman–Crippen MR) is 120 cm³/mol. The molecule has 2 heterocycles. The van der Waals surface area contributed by atoms with Crippen LogP contribution in [0.15, 0.2) is 42.5 Å². The Balaban J connectivity index is 1.92. The fraction of sp³-hybridized carbons (Fsp3) is 0.348. The topological polar surface area (TPSA) is 107 Å². The molecule has 32 heavy (non-hydrogen) atoms. The van der Waals surface area contributed by atoms with Crippen molar-refractivity contribution < 1.29 is 24.6 Å². The Kier molecular flexibility index (Phi) is 5.69. The highest BCUT2D eigenvalue weighted by Crippen LogP contribution is 2.53. The highest BCUT2D eigenvalue weighted by molar-refractivity contribution is 6.35. The third-order valence-corrected chi connectivity index (χ3v) is 6.68. The summed E-state index contributed by atoms with van der Waals surface area (Å²) >= 11 is 12.3. The Bertz CT molecular complexity index is 1110. The number of amides is 2. The summed E-state index contributed by atoms with van der Waals surface area (Å²) in [7, 11) is 0. The molecule has 2 aromatic rings. The first-order chi connectivity index (χ1) is 15.1. The summed E-state index contributed by atoms with van der Waals surface area (Å²) in [5.74, 6) is -4.98. The lowest BCUT2D eigenvalue weighted by molar-refractivity contribution is -0.149. The molecule has 4 rings (SSSR count). The van der Waals surface area contributed by atoms with Crippen LogP contribution >= 0.6 is 23.2 Å². The van der Waals surface area contributed by atoms with E-state index >= 15 is 0 Å². The predicted octanol–water partition coefficient (Wildman–Crippen LogP) is 4.02. The van der Waals surface area contributed by atoms with Crippen LogP contribution in [-0.2, 0) is 14.4 Å². The van der Waals surface area contributed by atoms with Gasteiger partial charge in [0.1, 0.15) is 11.3 Å². The van der Waals surface area contributed by atoms with E-state index in [0.717, 1.165) is 4.90 Å². The molecule has 3 N–H and O–H groups in total. The number of hydrogen-bond acceptors (Lipinski definition) is 5.